The van der Waals surface area contributed by atoms with E-state index in [4.69, 9.17) is 5.11 Å². The third-order valence-electron chi connectivity index (χ3n) is 5.89. The number of carboxylic acid groups (broad SMARTS) is 1. The molecule has 0 aromatic heterocycles. The minimum Gasteiger partial charge on any atom is -0.481 e. The standard InChI is InChI=1S/C23H34O4/c1-2-21-19(12-8-16-23(21,27)17-22(25)26)14-15-20(24)13-7-6-11-18-9-4-3-5-10-18/h3-5,9-10,14-15,19-21,24,27H,2,6-8,11-13,16-17H2,1H3,(H,25,26)/t19-,20?,21?,23+/m0/s1. The maximum absolute atomic E-state index is 11.1. The van der Waals surface area contributed by atoms with Gasteiger partial charge in [0, 0.05) is 0 Å². The zero-order valence-corrected chi connectivity index (χ0v) is 16.4. The summed E-state index contributed by atoms with van der Waals surface area (Å²) < 4.78 is 0. The largest absolute Gasteiger partial charge is 0.481 e. The number of aliphatic hydroxyl groups is 2. The third kappa shape index (κ3) is 6.78. The Balaban J connectivity index is 1.81. The molecule has 1 fully saturated rings. The molecule has 0 saturated heterocycles. The summed E-state index contributed by atoms with van der Waals surface area (Å²) in [6.07, 6.45) is 10.0. The second-order valence-electron chi connectivity index (χ2n) is 7.93. The molecule has 0 amide bonds. The second kappa shape index (κ2) is 10.6. The molecule has 4 atom stereocenters. The van der Waals surface area contributed by atoms with E-state index in [2.05, 4.69) is 12.1 Å². The molecular formula is C23H34O4. The lowest BCUT2D eigenvalue weighted by molar-refractivity contribution is -0.149. The fourth-order valence-corrected chi connectivity index (χ4v) is 4.52. The molecule has 0 spiro atoms. The molecule has 3 N–H and O–H groups in total. The predicted octanol–water partition coefficient (Wildman–Crippen LogP) is 4.35. The number of carboxylic acids is 1. The molecule has 2 unspecified atom stereocenters. The summed E-state index contributed by atoms with van der Waals surface area (Å²) in [5, 5.41) is 30.2. The van der Waals surface area contributed by atoms with Crippen molar-refractivity contribution in [1.29, 1.82) is 0 Å². The van der Waals surface area contributed by atoms with Crippen molar-refractivity contribution in [3.63, 3.8) is 0 Å². The zero-order valence-electron chi connectivity index (χ0n) is 16.4. The molecule has 1 aromatic carbocycles. The Bertz CT molecular complexity index is 598. The van der Waals surface area contributed by atoms with Gasteiger partial charge in [0.05, 0.1) is 18.1 Å². The maximum atomic E-state index is 11.1. The third-order valence-corrected chi connectivity index (χ3v) is 5.89. The number of aliphatic carboxylic acids is 1. The van der Waals surface area contributed by atoms with E-state index >= 15 is 0 Å². The van der Waals surface area contributed by atoms with E-state index in [9.17, 15) is 15.0 Å². The first-order chi connectivity index (χ1) is 12.9. The first-order valence-corrected chi connectivity index (χ1v) is 10.3. The van der Waals surface area contributed by atoms with Crippen LogP contribution >= 0.6 is 0 Å². The van der Waals surface area contributed by atoms with Gasteiger partial charge in [-0.05, 0) is 62.3 Å². The van der Waals surface area contributed by atoms with Crippen LogP contribution in [0.4, 0.5) is 0 Å². The van der Waals surface area contributed by atoms with Gasteiger partial charge in [-0.1, -0.05) is 55.8 Å². The number of aryl methyl sites for hydroxylation is 1. The van der Waals surface area contributed by atoms with Gasteiger partial charge >= 0.3 is 5.97 Å². The van der Waals surface area contributed by atoms with Crippen LogP contribution in [-0.4, -0.2) is 33.0 Å². The first kappa shape index (κ1) is 21.6. The highest BCUT2D eigenvalue weighted by atomic mass is 16.4. The highest BCUT2D eigenvalue weighted by Gasteiger charge is 2.43. The summed E-state index contributed by atoms with van der Waals surface area (Å²) in [6.45, 7) is 2.00. The Labute approximate surface area is 162 Å². The van der Waals surface area contributed by atoms with Crippen molar-refractivity contribution in [2.45, 2.75) is 76.4 Å². The van der Waals surface area contributed by atoms with Gasteiger partial charge in [-0.2, -0.15) is 0 Å². The van der Waals surface area contributed by atoms with Gasteiger partial charge in [0.25, 0.3) is 0 Å². The Morgan fingerprint density at radius 3 is 2.70 bits per heavy atom. The van der Waals surface area contributed by atoms with Crippen LogP contribution in [0, 0.1) is 11.8 Å². The first-order valence-electron chi connectivity index (χ1n) is 10.3. The van der Waals surface area contributed by atoms with Crippen molar-refractivity contribution in [3.8, 4) is 0 Å². The van der Waals surface area contributed by atoms with Crippen LogP contribution in [0.1, 0.15) is 63.9 Å². The molecule has 4 heteroatoms. The van der Waals surface area contributed by atoms with Gasteiger partial charge in [-0.25, -0.2) is 0 Å². The SMILES string of the molecule is CCC1[C@H](C=CC(O)CCCCc2ccccc2)CCC[C@@]1(O)CC(=O)O. The Morgan fingerprint density at radius 1 is 1.30 bits per heavy atom. The summed E-state index contributed by atoms with van der Waals surface area (Å²) >= 11 is 0. The van der Waals surface area contributed by atoms with E-state index in [0.29, 0.717) is 6.42 Å². The van der Waals surface area contributed by atoms with Crippen molar-refractivity contribution in [3.05, 3.63) is 48.0 Å². The van der Waals surface area contributed by atoms with E-state index in [1.54, 1.807) is 0 Å². The van der Waals surface area contributed by atoms with Crippen molar-refractivity contribution in [1.82, 2.24) is 0 Å². The molecule has 150 valence electrons. The lowest BCUT2D eigenvalue weighted by Gasteiger charge is -2.43. The Kier molecular flexibility index (Phi) is 8.52. The van der Waals surface area contributed by atoms with Crippen molar-refractivity contribution in [2.24, 2.45) is 11.8 Å². The summed E-state index contributed by atoms with van der Waals surface area (Å²) in [4.78, 5) is 11.1. The minimum absolute atomic E-state index is 0.0659. The number of benzene rings is 1. The highest BCUT2D eigenvalue weighted by Crippen LogP contribution is 2.42. The molecule has 0 aliphatic heterocycles. The van der Waals surface area contributed by atoms with Gasteiger partial charge < -0.3 is 15.3 Å². The average Bonchev–Trinajstić information content (AvgIpc) is 2.63. The van der Waals surface area contributed by atoms with E-state index < -0.39 is 17.7 Å². The molecule has 0 heterocycles. The molecule has 2 rings (SSSR count). The molecule has 0 radical (unpaired) electrons. The fourth-order valence-electron chi connectivity index (χ4n) is 4.52. The number of allylic oxidation sites excluding steroid dienone is 1. The van der Waals surface area contributed by atoms with Gasteiger partial charge in [0.2, 0.25) is 0 Å². The molecule has 27 heavy (non-hydrogen) atoms. The lowest BCUT2D eigenvalue weighted by atomic mass is 9.66. The van der Waals surface area contributed by atoms with Gasteiger partial charge in [-0.15, -0.1) is 0 Å². The fraction of sp³-hybridized carbons (Fsp3) is 0.609. The Hall–Kier alpha value is -1.65. The number of hydrogen-bond acceptors (Lipinski definition) is 3. The second-order valence-corrected chi connectivity index (χ2v) is 7.93. The topological polar surface area (TPSA) is 77.8 Å². The Morgan fingerprint density at radius 2 is 2.04 bits per heavy atom. The van der Waals surface area contributed by atoms with Crippen LogP contribution in [0.2, 0.25) is 0 Å². The number of hydrogen-bond donors (Lipinski definition) is 3. The number of carbonyl (C=O) groups is 1. The summed E-state index contributed by atoms with van der Waals surface area (Å²) in [5.41, 5.74) is 0.197. The summed E-state index contributed by atoms with van der Waals surface area (Å²) in [7, 11) is 0. The maximum Gasteiger partial charge on any atom is 0.306 e. The predicted molar refractivity (Wildman–Crippen MR) is 107 cm³/mol. The molecular weight excluding hydrogens is 340 g/mol. The zero-order chi connectivity index (χ0) is 19.7. The van der Waals surface area contributed by atoms with Crippen molar-refractivity contribution >= 4 is 5.97 Å². The van der Waals surface area contributed by atoms with Crippen LogP contribution in [0.15, 0.2) is 42.5 Å². The summed E-state index contributed by atoms with van der Waals surface area (Å²) in [6, 6.07) is 10.4. The number of rotatable bonds is 10. The molecule has 1 aromatic rings. The minimum atomic E-state index is -1.13. The van der Waals surface area contributed by atoms with E-state index in [1.807, 2.05) is 37.3 Å². The van der Waals surface area contributed by atoms with Crippen molar-refractivity contribution < 1.29 is 20.1 Å². The van der Waals surface area contributed by atoms with Gasteiger partial charge in [-0.3, -0.25) is 4.79 Å². The molecule has 1 saturated carbocycles. The van der Waals surface area contributed by atoms with Crippen LogP contribution in [0.3, 0.4) is 0 Å². The van der Waals surface area contributed by atoms with E-state index in [-0.39, 0.29) is 18.3 Å². The summed E-state index contributed by atoms with van der Waals surface area (Å²) in [5.74, 6) is -0.880. The van der Waals surface area contributed by atoms with E-state index in [0.717, 1.165) is 44.9 Å². The lowest BCUT2D eigenvalue weighted by Crippen LogP contribution is -2.46. The van der Waals surface area contributed by atoms with Crippen LogP contribution in [0.25, 0.3) is 0 Å². The number of aliphatic hydroxyl groups excluding tert-OH is 1. The van der Waals surface area contributed by atoms with Crippen LogP contribution in [-0.2, 0) is 11.2 Å². The number of unbranched alkanes of at least 4 members (excludes halogenated alkanes) is 1. The molecule has 4 nitrogen and oxygen atoms in total. The smallest absolute Gasteiger partial charge is 0.306 e. The molecule has 1 aliphatic carbocycles. The van der Waals surface area contributed by atoms with Crippen LogP contribution in [0.5, 0.6) is 0 Å². The van der Waals surface area contributed by atoms with Crippen molar-refractivity contribution in [2.75, 3.05) is 0 Å². The normalized spacial score (nSPS) is 26.9. The molecule has 1 aliphatic rings. The van der Waals surface area contributed by atoms with Crippen LogP contribution < -0.4 is 0 Å². The van der Waals surface area contributed by atoms with Gasteiger partial charge in [0.1, 0.15) is 0 Å². The quantitative estimate of drug-likeness (QED) is 0.420. The van der Waals surface area contributed by atoms with E-state index in [1.165, 1.54) is 5.56 Å². The average molecular weight is 375 g/mol. The monoisotopic (exact) mass is 374 g/mol. The van der Waals surface area contributed by atoms with Gasteiger partial charge in [0.15, 0.2) is 0 Å². The molecule has 0 bridgehead atoms. The highest BCUT2D eigenvalue weighted by molar-refractivity contribution is 5.68.